The number of carboxylic acid groups (broad SMARTS) is 1. The molecule has 4 rings (SSSR count). The van der Waals surface area contributed by atoms with E-state index >= 15 is 0 Å². The maximum absolute atomic E-state index is 12.8. The zero-order valence-corrected chi connectivity index (χ0v) is 18.0. The average molecular weight is 444 g/mol. The topological polar surface area (TPSA) is 120 Å². The summed E-state index contributed by atoms with van der Waals surface area (Å²) in [6.07, 6.45) is 0.0226. The molecule has 31 heavy (non-hydrogen) atoms. The molecule has 0 unspecified atom stereocenters. The molecule has 1 aromatic carbocycles. The third kappa shape index (κ3) is 4.47. The molecule has 2 fully saturated rings. The van der Waals surface area contributed by atoms with Crippen molar-refractivity contribution in [3.8, 4) is 10.4 Å². The predicted molar refractivity (Wildman–Crippen MR) is 114 cm³/mol. The first-order valence-corrected chi connectivity index (χ1v) is 11.2. The van der Waals surface area contributed by atoms with Crippen LogP contribution in [0.15, 0.2) is 29.8 Å². The molecule has 2 heterocycles. The highest BCUT2D eigenvalue weighted by Crippen LogP contribution is 2.37. The number of nitrogens with zero attached hydrogens (tertiary/aromatic N) is 2. The first-order valence-electron chi connectivity index (χ1n) is 10.3. The van der Waals surface area contributed by atoms with Crippen molar-refractivity contribution in [3.05, 3.63) is 41.0 Å². The molecule has 2 aliphatic rings. The summed E-state index contributed by atoms with van der Waals surface area (Å²) in [6.45, 7) is 2.39. The summed E-state index contributed by atoms with van der Waals surface area (Å²) in [6, 6.07) is 7.15. The zero-order valence-electron chi connectivity index (χ0n) is 17.2. The van der Waals surface area contributed by atoms with Crippen LogP contribution < -0.4 is 5.32 Å². The van der Waals surface area contributed by atoms with Crippen LogP contribution >= 0.6 is 11.3 Å². The average Bonchev–Trinajstić information content (AvgIpc) is 3.30. The number of aryl methyl sites for hydroxylation is 1. The summed E-state index contributed by atoms with van der Waals surface area (Å²) >= 11 is 1.58. The third-order valence-electron chi connectivity index (χ3n) is 6.13. The number of hydrogen-bond donors (Lipinski definition) is 3. The minimum absolute atomic E-state index is 0.105. The molecule has 1 saturated carbocycles. The quantitative estimate of drug-likeness (QED) is 0.626. The van der Waals surface area contributed by atoms with Crippen molar-refractivity contribution < 1.29 is 24.6 Å². The van der Waals surface area contributed by atoms with E-state index < -0.39 is 24.0 Å². The van der Waals surface area contributed by atoms with Gasteiger partial charge in [0.1, 0.15) is 6.04 Å². The van der Waals surface area contributed by atoms with Gasteiger partial charge in [-0.05, 0) is 30.9 Å². The maximum Gasteiger partial charge on any atom is 0.306 e. The molecule has 1 aromatic heterocycles. The van der Waals surface area contributed by atoms with Crippen molar-refractivity contribution in [2.75, 3.05) is 6.54 Å². The van der Waals surface area contributed by atoms with Gasteiger partial charge in [0.15, 0.2) is 0 Å². The predicted octanol–water partition coefficient (Wildman–Crippen LogP) is 1.81. The number of likely N-dealkylation sites (tertiary alicyclic amines) is 1. The van der Waals surface area contributed by atoms with Crippen LogP contribution in [0.1, 0.15) is 30.5 Å². The van der Waals surface area contributed by atoms with Gasteiger partial charge in [0.25, 0.3) is 0 Å². The zero-order chi connectivity index (χ0) is 22.1. The number of carbonyl (C=O) groups is 3. The van der Waals surface area contributed by atoms with E-state index in [-0.39, 0.29) is 30.7 Å². The van der Waals surface area contributed by atoms with Crippen molar-refractivity contribution >= 4 is 29.1 Å². The molecule has 8 nitrogen and oxygen atoms in total. The lowest BCUT2D eigenvalue weighted by atomic mass is 9.74. The van der Waals surface area contributed by atoms with Crippen molar-refractivity contribution in [1.29, 1.82) is 0 Å². The highest BCUT2D eigenvalue weighted by Gasteiger charge is 2.46. The van der Waals surface area contributed by atoms with Crippen LogP contribution in [0.25, 0.3) is 10.4 Å². The van der Waals surface area contributed by atoms with Crippen molar-refractivity contribution in [1.82, 2.24) is 15.2 Å². The number of nitrogens with one attached hydrogen (secondary N) is 1. The van der Waals surface area contributed by atoms with E-state index in [1.807, 2.05) is 36.7 Å². The number of hydrogen-bond acceptors (Lipinski definition) is 6. The van der Waals surface area contributed by atoms with E-state index in [0.29, 0.717) is 19.4 Å². The second-order valence-electron chi connectivity index (χ2n) is 8.28. The standard InChI is InChI=1S/C22H25N3O5S/c1-12-19(31-11-24-12)14-4-2-13(3-5-14)9-23-20(27)18-8-17(26)10-25(18)21(28)15-6-16(7-15)22(29)30/h2-5,11,15-18,26H,6-10H2,1H3,(H,23,27)(H,29,30)/t15?,16?,17-,18+/m1/s1. The molecule has 1 aliphatic heterocycles. The Morgan fingerprint density at radius 3 is 2.48 bits per heavy atom. The normalized spacial score (nSPS) is 25.2. The number of aliphatic hydroxyl groups excluding tert-OH is 1. The van der Waals surface area contributed by atoms with E-state index in [9.17, 15) is 19.5 Å². The van der Waals surface area contributed by atoms with E-state index in [0.717, 1.165) is 21.7 Å². The van der Waals surface area contributed by atoms with Gasteiger partial charge in [0, 0.05) is 25.4 Å². The first-order chi connectivity index (χ1) is 14.8. The highest BCUT2D eigenvalue weighted by atomic mass is 32.1. The summed E-state index contributed by atoms with van der Waals surface area (Å²) in [7, 11) is 0. The van der Waals surface area contributed by atoms with Gasteiger partial charge in [0.05, 0.1) is 28.1 Å². The number of amides is 2. The number of aliphatic carboxylic acids is 1. The van der Waals surface area contributed by atoms with Crippen LogP contribution in [0.4, 0.5) is 0 Å². The fraction of sp³-hybridized carbons (Fsp3) is 0.455. The SMILES string of the molecule is Cc1ncsc1-c1ccc(CNC(=O)[C@@H]2C[C@@H](O)CN2C(=O)C2CC(C(=O)O)C2)cc1. The number of benzene rings is 1. The molecule has 0 spiro atoms. The summed E-state index contributed by atoms with van der Waals surface area (Å²) in [5.41, 5.74) is 4.80. The van der Waals surface area contributed by atoms with Crippen LogP contribution in [-0.4, -0.2) is 56.6 Å². The minimum atomic E-state index is -0.892. The molecule has 0 radical (unpaired) electrons. The Hall–Kier alpha value is -2.78. The Kier molecular flexibility index (Phi) is 6.06. The van der Waals surface area contributed by atoms with Gasteiger partial charge < -0.3 is 20.4 Å². The number of thiazole rings is 1. The number of carbonyl (C=O) groups excluding carboxylic acids is 2. The number of β-amino-alcohol motifs (C(OH)–C–C–N with tert-alkyl or cyclic N) is 1. The van der Waals surface area contributed by atoms with Crippen LogP contribution in [0.2, 0.25) is 0 Å². The van der Waals surface area contributed by atoms with Gasteiger partial charge in [-0.15, -0.1) is 11.3 Å². The summed E-state index contributed by atoms with van der Waals surface area (Å²) in [4.78, 5) is 43.3. The van der Waals surface area contributed by atoms with Crippen LogP contribution in [-0.2, 0) is 20.9 Å². The largest absolute Gasteiger partial charge is 0.481 e. The second kappa shape index (κ2) is 8.76. The number of aliphatic hydroxyl groups is 1. The Balaban J connectivity index is 1.34. The van der Waals surface area contributed by atoms with E-state index in [1.165, 1.54) is 4.90 Å². The molecular formula is C22H25N3O5S. The Morgan fingerprint density at radius 1 is 1.16 bits per heavy atom. The van der Waals surface area contributed by atoms with Gasteiger partial charge in [-0.25, -0.2) is 4.98 Å². The maximum atomic E-state index is 12.8. The molecule has 2 aromatic rings. The summed E-state index contributed by atoms with van der Waals surface area (Å²) < 4.78 is 0. The molecule has 2 atom stereocenters. The van der Waals surface area contributed by atoms with Crippen molar-refractivity contribution in [3.63, 3.8) is 0 Å². The molecule has 1 saturated heterocycles. The lowest BCUT2D eigenvalue weighted by Crippen LogP contribution is -2.50. The summed E-state index contributed by atoms with van der Waals surface area (Å²) in [5.74, 6) is -2.31. The minimum Gasteiger partial charge on any atom is -0.481 e. The van der Waals surface area contributed by atoms with Gasteiger partial charge in [-0.2, -0.15) is 0 Å². The monoisotopic (exact) mass is 443 g/mol. The first kappa shape index (κ1) is 21.5. The number of carboxylic acids is 1. The Labute approximate surface area is 183 Å². The van der Waals surface area contributed by atoms with Crippen LogP contribution in [0, 0.1) is 18.8 Å². The summed E-state index contributed by atoms with van der Waals surface area (Å²) in [5, 5.41) is 21.9. The Bertz CT molecular complexity index is 983. The highest BCUT2D eigenvalue weighted by molar-refractivity contribution is 7.13. The lowest BCUT2D eigenvalue weighted by molar-refractivity contribution is -0.153. The van der Waals surface area contributed by atoms with Crippen LogP contribution in [0.5, 0.6) is 0 Å². The van der Waals surface area contributed by atoms with Gasteiger partial charge in [-0.1, -0.05) is 24.3 Å². The van der Waals surface area contributed by atoms with Gasteiger partial charge in [-0.3, -0.25) is 14.4 Å². The van der Waals surface area contributed by atoms with Crippen LogP contribution in [0.3, 0.4) is 0 Å². The fourth-order valence-corrected chi connectivity index (χ4v) is 5.03. The van der Waals surface area contributed by atoms with E-state index in [2.05, 4.69) is 10.3 Å². The molecule has 9 heteroatoms. The molecular weight excluding hydrogens is 418 g/mol. The van der Waals surface area contributed by atoms with E-state index in [4.69, 9.17) is 5.11 Å². The van der Waals surface area contributed by atoms with Gasteiger partial charge in [0.2, 0.25) is 11.8 Å². The molecule has 0 bridgehead atoms. The van der Waals surface area contributed by atoms with Gasteiger partial charge >= 0.3 is 5.97 Å². The molecule has 1 aliphatic carbocycles. The molecule has 3 N–H and O–H groups in total. The van der Waals surface area contributed by atoms with Crippen molar-refractivity contribution in [2.45, 2.75) is 44.9 Å². The lowest BCUT2D eigenvalue weighted by Gasteiger charge is -2.35. The fourth-order valence-electron chi connectivity index (χ4n) is 4.22. The van der Waals surface area contributed by atoms with E-state index in [1.54, 1.807) is 11.3 Å². The number of rotatable bonds is 6. The Morgan fingerprint density at radius 2 is 1.87 bits per heavy atom. The molecule has 164 valence electrons. The third-order valence-corrected chi connectivity index (χ3v) is 7.11. The molecule has 2 amide bonds. The number of aromatic nitrogens is 1. The van der Waals surface area contributed by atoms with Crippen molar-refractivity contribution in [2.24, 2.45) is 11.8 Å². The smallest absolute Gasteiger partial charge is 0.306 e. The second-order valence-corrected chi connectivity index (χ2v) is 9.14.